The van der Waals surface area contributed by atoms with Crippen molar-refractivity contribution in [3.8, 4) is 0 Å². The van der Waals surface area contributed by atoms with Crippen LogP contribution in [0.3, 0.4) is 0 Å². The molecule has 0 aromatic heterocycles. The summed E-state index contributed by atoms with van der Waals surface area (Å²) in [6.45, 7) is 1.49. The zero-order chi connectivity index (χ0) is 12.5. The van der Waals surface area contributed by atoms with Crippen LogP contribution in [0.4, 0.5) is 0 Å². The lowest BCUT2D eigenvalue weighted by Crippen LogP contribution is -2.20. The average molecular weight is 236 g/mol. The van der Waals surface area contributed by atoms with Gasteiger partial charge in [-0.15, -0.1) is 0 Å². The molecule has 0 amide bonds. The summed E-state index contributed by atoms with van der Waals surface area (Å²) >= 11 is 0. The van der Waals surface area contributed by atoms with Crippen LogP contribution in [0.25, 0.3) is 0 Å². The van der Waals surface area contributed by atoms with E-state index in [2.05, 4.69) is 29.6 Å². The molecule has 0 saturated heterocycles. The molecule has 1 aromatic carbocycles. The van der Waals surface area contributed by atoms with Crippen LogP contribution in [0.5, 0.6) is 0 Å². The first-order valence-electron chi connectivity index (χ1n) is 5.90. The van der Waals surface area contributed by atoms with Crippen molar-refractivity contribution in [2.45, 2.75) is 31.8 Å². The normalized spacial score (nSPS) is 13.7. The van der Waals surface area contributed by atoms with Gasteiger partial charge in [-0.25, -0.2) is 0 Å². The summed E-state index contributed by atoms with van der Waals surface area (Å²) in [5, 5.41) is 10.4. The number of hydrogen-bond acceptors (Lipinski definition) is 3. The number of rotatable bonds is 5. The lowest BCUT2D eigenvalue weighted by Gasteiger charge is -2.07. The molecule has 0 heterocycles. The molecule has 0 unspecified atom stereocenters. The van der Waals surface area contributed by atoms with Gasteiger partial charge in [0.1, 0.15) is 0 Å². The van der Waals surface area contributed by atoms with E-state index in [0.29, 0.717) is 6.54 Å². The van der Waals surface area contributed by atoms with Crippen molar-refractivity contribution in [2.75, 3.05) is 6.54 Å². The van der Waals surface area contributed by atoms with E-state index in [9.17, 15) is 0 Å². The Kier molecular flexibility index (Phi) is 6.29. The molecule has 0 aliphatic heterocycles. The van der Waals surface area contributed by atoms with Crippen LogP contribution in [0.2, 0.25) is 0 Å². The summed E-state index contributed by atoms with van der Waals surface area (Å²) in [6, 6.07) is 9.24. The molecule has 0 radical (unpaired) electrons. The minimum atomic E-state index is -0.250. The van der Waals surface area contributed by atoms with Gasteiger partial charge in [0, 0.05) is 12.6 Å². The highest BCUT2D eigenvalue weighted by Gasteiger charge is 2.19. The average Bonchev–Trinajstić information content (AvgIpc) is 3.15. The highest BCUT2D eigenvalue weighted by atomic mass is 16.3. The van der Waals surface area contributed by atoms with E-state index in [-0.39, 0.29) is 6.47 Å². The van der Waals surface area contributed by atoms with Gasteiger partial charge in [0.2, 0.25) is 0 Å². The molecular formula is C13H20N2O2. The van der Waals surface area contributed by atoms with Crippen LogP contribution in [0.15, 0.2) is 24.3 Å². The Morgan fingerprint density at radius 1 is 1.35 bits per heavy atom. The quantitative estimate of drug-likeness (QED) is 0.670. The third-order valence-corrected chi connectivity index (χ3v) is 2.74. The van der Waals surface area contributed by atoms with Crippen LogP contribution in [-0.2, 0) is 17.8 Å². The predicted octanol–water partition coefficient (Wildman–Crippen LogP) is 1.14. The van der Waals surface area contributed by atoms with Gasteiger partial charge in [-0.3, -0.25) is 4.79 Å². The minimum absolute atomic E-state index is 0.250. The molecule has 4 N–H and O–H groups in total. The molecule has 0 bridgehead atoms. The van der Waals surface area contributed by atoms with Gasteiger partial charge in [0.15, 0.2) is 0 Å². The molecule has 1 saturated carbocycles. The summed E-state index contributed by atoms with van der Waals surface area (Å²) in [4.78, 5) is 8.36. The number of nitrogens with one attached hydrogen (secondary N) is 1. The molecule has 4 nitrogen and oxygen atoms in total. The van der Waals surface area contributed by atoms with Crippen molar-refractivity contribution in [2.24, 2.45) is 5.73 Å². The van der Waals surface area contributed by atoms with E-state index < -0.39 is 0 Å². The Morgan fingerprint density at radius 3 is 2.47 bits per heavy atom. The van der Waals surface area contributed by atoms with Crippen molar-refractivity contribution in [3.05, 3.63) is 35.4 Å². The van der Waals surface area contributed by atoms with Crippen LogP contribution < -0.4 is 11.1 Å². The Morgan fingerprint density at radius 2 is 1.94 bits per heavy atom. The second kappa shape index (κ2) is 7.81. The predicted molar refractivity (Wildman–Crippen MR) is 67.8 cm³/mol. The lowest BCUT2D eigenvalue weighted by molar-refractivity contribution is -0.122. The maximum absolute atomic E-state index is 8.36. The second-order valence-corrected chi connectivity index (χ2v) is 4.06. The monoisotopic (exact) mass is 236 g/mol. The largest absolute Gasteiger partial charge is 0.483 e. The fraction of sp³-hybridized carbons (Fsp3) is 0.462. The molecule has 4 heteroatoms. The number of hydrogen-bond donors (Lipinski definition) is 3. The van der Waals surface area contributed by atoms with Crippen LogP contribution in [0.1, 0.15) is 24.0 Å². The van der Waals surface area contributed by atoms with Gasteiger partial charge in [0.25, 0.3) is 6.47 Å². The first-order valence-corrected chi connectivity index (χ1v) is 5.90. The molecule has 2 rings (SSSR count). The number of carboxylic acid groups (broad SMARTS) is 1. The SMILES string of the molecule is NCc1ccccc1CCNC1CC1.O=CO. The summed E-state index contributed by atoms with van der Waals surface area (Å²) in [7, 11) is 0. The minimum Gasteiger partial charge on any atom is -0.483 e. The fourth-order valence-corrected chi connectivity index (χ4v) is 1.70. The van der Waals surface area contributed by atoms with E-state index in [1.807, 2.05) is 0 Å². The van der Waals surface area contributed by atoms with E-state index in [1.165, 1.54) is 24.0 Å². The number of benzene rings is 1. The third kappa shape index (κ3) is 5.47. The Labute approximate surface area is 102 Å². The fourth-order valence-electron chi connectivity index (χ4n) is 1.70. The lowest BCUT2D eigenvalue weighted by atomic mass is 10.0. The Hall–Kier alpha value is -1.39. The van der Waals surface area contributed by atoms with E-state index in [0.717, 1.165) is 19.0 Å². The smallest absolute Gasteiger partial charge is 0.290 e. The van der Waals surface area contributed by atoms with E-state index >= 15 is 0 Å². The molecule has 1 aliphatic carbocycles. The van der Waals surface area contributed by atoms with Gasteiger partial charge in [-0.05, 0) is 36.9 Å². The van der Waals surface area contributed by atoms with E-state index in [1.54, 1.807) is 0 Å². The topological polar surface area (TPSA) is 75.3 Å². The Balaban J connectivity index is 0.000000437. The highest BCUT2D eigenvalue weighted by molar-refractivity contribution is 5.32. The maximum Gasteiger partial charge on any atom is 0.290 e. The number of nitrogens with two attached hydrogens (primary N) is 1. The zero-order valence-electron chi connectivity index (χ0n) is 9.93. The van der Waals surface area contributed by atoms with Gasteiger partial charge in [-0.1, -0.05) is 24.3 Å². The van der Waals surface area contributed by atoms with Crippen molar-refractivity contribution in [1.29, 1.82) is 0 Å². The first kappa shape index (κ1) is 13.7. The second-order valence-electron chi connectivity index (χ2n) is 4.06. The van der Waals surface area contributed by atoms with Crippen LogP contribution in [-0.4, -0.2) is 24.2 Å². The molecule has 0 atom stereocenters. The zero-order valence-corrected chi connectivity index (χ0v) is 9.93. The molecule has 1 aliphatic rings. The van der Waals surface area contributed by atoms with Gasteiger partial charge >= 0.3 is 0 Å². The van der Waals surface area contributed by atoms with Crippen LogP contribution in [0, 0.1) is 0 Å². The van der Waals surface area contributed by atoms with Crippen molar-refractivity contribution >= 4 is 6.47 Å². The summed E-state index contributed by atoms with van der Waals surface area (Å²) in [6.07, 6.45) is 3.82. The van der Waals surface area contributed by atoms with Crippen molar-refractivity contribution < 1.29 is 9.90 Å². The summed E-state index contributed by atoms with van der Waals surface area (Å²) < 4.78 is 0. The molecule has 1 aromatic rings. The van der Waals surface area contributed by atoms with Crippen molar-refractivity contribution in [1.82, 2.24) is 5.32 Å². The Bertz CT molecular complexity index is 338. The first-order chi connectivity index (χ1) is 8.31. The standard InChI is InChI=1S/C12H18N2.CH2O2/c13-9-11-4-2-1-3-10(11)7-8-14-12-5-6-12;2-1-3/h1-4,12,14H,5-9,13H2;1H,(H,2,3). The molecular weight excluding hydrogens is 216 g/mol. The van der Waals surface area contributed by atoms with E-state index in [4.69, 9.17) is 15.6 Å². The molecule has 1 fully saturated rings. The molecule has 17 heavy (non-hydrogen) atoms. The molecule has 94 valence electrons. The maximum atomic E-state index is 8.36. The van der Waals surface area contributed by atoms with Gasteiger partial charge in [0.05, 0.1) is 0 Å². The number of carbonyl (C=O) groups is 1. The van der Waals surface area contributed by atoms with Crippen molar-refractivity contribution in [3.63, 3.8) is 0 Å². The highest BCUT2D eigenvalue weighted by Crippen LogP contribution is 2.18. The third-order valence-electron chi connectivity index (χ3n) is 2.74. The van der Waals surface area contributed by atoms with Gasteiger partial charge in [-0.2, -0.15) is 0 Å². The van der Waals surface area contributed by atoms with Gasteiger partial charge < -0.3 is 16.2 Å². The van der Waals surface area contributed by atoms with Crippen LogP contribution >= 0.6 is 0 Å². The molecule has 0 spiro atoms. The summed E-state index contributed by atoms with van der Waals surface area (Å²) in [5.74, 6) is 0. The summed E-state index contributed by atoms with van der Waals surface area (Å²) in [5.41, 5.74) is 8.35.